The highest BCUT2D eigenvalue weighted by molar-refractivity contribution is 6.10. The third kappa shape index (κ3) is 3.17. The highest BCUT2D eigenvalue weighted by Crippen LogP contribution is 2.39. The molecule has 1 fully saturated rings. The largest absolute Gasteiger partial charge is 0.493 e. The average molecular weight is 391 g/mol. The van der Waals surface area contributed by atoms with Crippen LogP contribution in [0.3, 0.4) is 0 Å². The Bertz CT molecular complexity index is 772. The van der Waals surface area contributed by atoms with Crippen molar-refractivity contribution >= 4 is 17.8 Å². The van der Waals surface area contributed by atoms with E-state index >= 15 is 0 Å². The van der Waals surface area contributed by atoms with Gasteiger partial charge in [0.15, 0.2) is 11.5 Å². The number of halogens is 3. The van der Waals surface area contributed by atoms with Crippen LogP contribution >= 0.6 is 0 Å². The van der Waals surface area contributed by atoms with Gasteiger partial charge < -0.3 is 19.5 Å². The van der Waals surface area contributed by atoms with Crippen molar-refractivity contribution in [1.82, 2.24) is 15.5 Å². The molecule has 0 radical (unpaired) electrons. The molecule has 148 valence electrons. The first kappa shape index (κ1) is 20.1. The van der Waals surface area contributed by atoms with Gasteiger partial charge in [-0.15, -0.1) is 0 Å². The second kappa shape index (κ2) is 6.85. The first-order valence-corrected chi connectivity index (χ1v) is 7.32. The molecule has 9 nitrogen and oxygen atoms in total. The number of urea groups is 1. The minimum atomic E-state index is -5.29. The third-order valence-corrected chi connectivity index (χ3v) is 3.88. The van der Waals surface area contributed by atoms with Gasteiger partial charge in [-0.2, -0.15) is 13.2 Å². The molecule has 0 unspecified atom stereocenters. The van der Waals surface area contributed by atoms with Gasteiger partial charge in [-0.25, -0.2) is 4.79 Å². The molecule has 0 bridgehead atoms. The van der Waals surface area contributed by atoms with Gasteiger partial charge >= 0.3 is 12.2 Å². The number of carbonyl (C=O) groups is 3. The topological polar surface area (TPSA) is 106 Å². The molecule has 1 heterocycles. The van der Waals surface area contributed by atoms with E-state index in [1.807, 2.05) is 0 Å². The Balaban J connectivity index is 2.49. The van der Waals surface area contributed by atoms with E-state index in [4.69, 9.17) is 14.2 Å². The molecule has 2 rings (SSSR count). The summed E-state index contributed by atoms with van der Waals surface area (Å²) in [7, 11) is 4.68. The van der Waals surface area contributed by atoms with Crippen LogP contribution in [0, 0.1) is 0 Å². The molecule has 12 heteroatoms. The first-order chi connectivity index (χ1) is 12.5. The predicted molar refractivity (Wildman–Crippen MR) is 83.7 cm³/mol. The molecule has 0 aliphatic carbocycles. The quantitative estimate of drug-likeness (QED) is 0.722. The van der Waals surface area contributed by atoms with Crippen LogP contribution in [0.1, 0.15) is 10.4 Å². The van der Waals surface area contributed by atoms with E-state index in [9.17, 15) is 27.6 Å². The normalized spacial score (nSPS) is 19.6. The van der Waals surface area contributed by atoms with Crippen molar-refractivity contribution in [2.24, 2.45) is 0 Å². The summed E-state index contributed by atoms with van der Waals surface area (Å²) < 4.78 is 55.8. The minimum absolute atomic E-state index is 0.0157. The molecule has 4 amide bonds. The number of imide groups is 1. The minimum Gasteiger partial charge on any atom is -0.493 e. The number of nitrogens with zero attached hydrogens (tertiary/aromatic N) is 1. The third-order valence-electron chi connectivity index (χ3n) is 3.88. The van der Waals surface area contributed by atoms with Crippen molar-refractivity contribution in [3.8, 4) is 17.2 Å². The lowest BCUT2D eigenvalue weighted by atomic mass is 10.1. The monoisotopic (exact) mass is 391 g/mol. The smallest absolute Gasteiger partial charge is 0.440 e. The number of likely N-dealkylation sites (N-methyl/N-ethyl adjacent to an activating group) is 1. The van der Waals surface area contributed by atoms with Gasteiger partial charge in [0.25, 0.3) is 17.5 Å². The molecular formula is C15H16F3N3O6. The molecule has 1 saturated heterocycles. The first-order valence-electron chi connectivity index (χ1n) is 7.32. The fraction of sp³-hybridized carbons (Fsp3) is 0.400. The van der Waals surface area contributed by atoms with E-state index in [0.29, 0.717) is 0 Å². The maximum absolute atomic E-state index is 13.6. The summed E-state index contributed by atoms with van der Waals surface area (Å²) in [5.74, 6) is -2.81. The van der Waals surface area contributed by atoms with Crippen molar-refractivity contribution in [1.29, 1.82) is 0 Å². The number of benzene rings is 1. The molecule has 2 N–H and O–H groups in total. The second-order valence-corrected chi connectivity index (χ2v) is 5.41. The summed E-state index contributed by atoms with van der Waals surface area (Å²) in [6.45, 7) is 0. The van der Waals surface area contributed by atoms with Crippen molar-refractivity contribution in [3.05, 3.63) is 17.7 Å². The van der Waals surface area contributed by atoms with Crippen molar-refractivity contribution in [2.75, 3.05) is 28.4 Å². The summed E-state index contributed by atoms with van der Waals surface area (Å²) in [5.41, 5.74) is -3.90. The Kier molecular flexibility index (Phi) is 5.11. The van der Waals surface area contributed by atoms with Gasteiger partial charge in [0, 0.05) is 12.6 Å². The molecule has 1 atom stereocenters. The number of amides is 4. The Morgan fingerprint density at radius 2 is 1.63 bits per heavy atom. The summed E-state index contributed by atoms with van der Waals surface area (Å²) in [6, 6.07) is 0.903. The van der Waals surface area contributed by atoms with Crippen molar-refractivity contribution in [3.63, 3.8) is 0 Å². The Morgan fingerprint density at radius 3 is 1.96 bits per heavy atom. The van der Waals surface area contributed by atoms with Crippen LogP contribution < -0.4 is 24.8 Å². The van der Waals surface area contributed by atoms with Crippen molar-refractivity contribution in [2.45, 2.75) is 11.8 Å². The van der Waals surface area contributed by atoms with Crippen LogP contribution in [0.5, 0.6) is 17.2 Å². The number of hydrogen-bond acceptors (Lipinski definition) is 6. The molecular weight excluding hydrogens is 375 g/mol. The van der Waals surface area contributed by atoms with E-state index in [0.717, 1.165) is 19.2 Å². The van der Waals surface area contributed by atoms with Gasteiger partial charge in [-0.05, 0) is 12.1 Å². The summed E-state index contributed by atoms with van der Waals surface area (Å²) in [4.78, 5) is 36.3. The van der Waals surface area contributed by atoms with E-state index < -0.39 is 29.7 Å². The summed E-state index contributed by atoms with van der Waals surface area (Å²) in [5, 5.41) is 3.04. The Labute approximate surface area is 151 Å². The molecule has 1 aliphatic rings. The standard InChI is InChI=1S/C15H16F3N3O6/c1-21-12(23)14(15(16,17)18,20-13(21)24)19-11(22)7-5-8(25-2)10(27-4)9(6-7)26-3/h5-6H,1-4H3,(H,19,22)(H,20,24)/t14-/m1/s1. The van der Waals surface area contributed by atoms with Gasteiger partial charge in [0.05, 0.1) is 21.3 Å². The molecule has 0 spiro atoms. The highest BCUT2D eigenvalue weighted by Gasteiger charge is 2.68. The molecule has 1 aliphatic heterocycles. The van der Waals surface area contributed by atoms with E-state index in [1.54, 1.807) is 5.32 Å². The van der Waals surface area contributed by atoms with Crippen LogP contribution in [0.25, 0.3) is 0 Å². The number of carbonyl (C=O) groups excluding carboxylic acids is 3. The fourth-order valence-electron chi connectivity index (χ4n) is 2.44. The van der Waals surface area contributed by atoms with Crippen LogP contribution in [0.2, 0.25) is 0 Å². The van der Waals surface area contributed by atoms with Gasteiger partial charge in [0.2, 0.25) is 5.75 Å². The van der Waals surface area contributed by atoms with E-state index in [2.05, 4.69) is 0 Å². The van der Waals surface area contributed by atoms with E-state index in [-0.39, 0.29) is 27.7 Å². The zero-order valence-electron chi connectivity index (χ0n) is 14.7. The molecule has 0 aromatic heterocycles. The van der Waals surface area contributed by atoms with Gasteiger partial charge in [0.1, 0.15) is 0 Å². The van der Waals surface area contributed by atoms with Crippen LogP contribution in [-0.2, 0) is 4.79 Å². The zero-order chi connectivity index (χ0) is 20.6. The molecule has 0 saturated carbocycles. The Morgan fingerprint density at radius 1 is 1.11 bits per heavy atom. The van der Waals surface area contributed by atoms with Gasteiger partial charge in [-0.1, -0.05) is 0 Å². The second-order valence-electron chi connectivity index (χ2n) is 5.41. The van der Waals surface area contributed by atoms with Crippen LogP contribution in [-0.4, -0.2) is 63.0 Å². The Hall–Kier alpha value is -3.18. The number of methoxy groups -OCH3 is 3. The molecule has 27 heavy (non-hydrogen) atoms. The number of ether oxygens (including phenoxy) is 3. The van der Waals surface area contributed by atoms with E-state index in [1.165, 1.54) is 26.6 Å². The number of hydrogen-bond donors (Lipinski definition) is 2. The number of alkyl halides is 3. The average Bonchev–Trinajstić information content (AvgIpc) is 2.84. The van der Waals surface area contributed by atoms with Crippen molar-refractivity contribution < 1.29 is 41.8 Å². The molecule has 1 aromatic rings. The summed E-state index contributed by atoms with van der Waals surface area (Å²) >= 11 is 0. The number of rotatable bonds is 5. The fourth-order valence-corrected chi connectivity index (χ4v) is 2.44. The van der Waals surface area contributed by atoms with Crippen LogP contribution in [0.4, 0.5) is 18.0 Å². The van der Waals surface area contributed by atoms with Gasteiger partial charge in [-0.3, -0.25) is 19.8 Å². The lowest BCUT2D eigenvalue weighted by Crippen LogP contribution is -2.69. The zero-order valence-corrected chi connectivity index (χ0v) is 14.7. The maximum Gasteiger partial charge on any atom is 0.440 e. The maximum atomic E-state index is 13.6. The summed E-state index contributed by atoms with van der Waals surface area (Å²) in [6.07, 6.45) is -5.29. The SMILES string of the molecule is COc1cc(C(=O)N[C@@]2(C(F)(F)F)NC(=O)N(C)C2=O)cc(OC)c1OC. The predicted octanol–water partition coefficient (Wildman–Crippen LogP) is 0.882. The molecule has 1 aromatic carbocycles. The lowest BCUT2D eigenvalue weighted by molar-refractivity contribution is -0.199. The highest BCUT2D eigenvalue weighted by atomic mass is 19.4. The lowest BCUT2D eigenvalue weighted by Gasteiger charge is -2.29. The number of nitrogens with one attached hydrogen (secondary N) is 2. The van der Waals surface area contributed by atoms with Crippen LogP contribution in [0.15, 0.2) is 12.1 Å².